The predicted octanol–water partition coefficient (Wildman–Crippen LogP) is 3.39. The fourth-order valence-electron chi connectivity index (χ4n) is 2.75. The van der Waals surface area contributed by atoms with Gasteiger partial charge in [0.1, 0.15) is 0 Å². The number of aliphatic hydroxyl groups is 1. The van der Waals surface area contributed by atoms with Crippen LogP contribution in [-0.2, 0) is 0 Å². The summed E-state index contributed by atoms with van der Waals surface area (Å²) in [7, 11) is 0. The minimum atomic E-state index is -0.0665. The molecule has 0 bridgehead atoms. The lowest BCUT2D eigenvalue weighted by molar-refractivity contribution is 0.00314. The molecule has 0 heterocycles. The number of hydrogen-bond acceptors (Lipinski definition) is 1. The Morgan fingerprint density at radius 1 is 1.50 bits per heavy atom. The second kappa shape index (κ2) is 3.69. The zero-order chi connectivity index (χ0) is 11.0. The lowest BCUT2D eigenvalue weighted by Crippen LogP contribution is -2.45. The van der Waals surface area contributed by atoms with Gasteiger partial charge in [0.15, 0.2) is 0 Å². The highest BCUT2D eigenvalue weighted by Crippen LogP contribution is 2.54. The molecule has 3 unspecified atom stereocenters. The van der Waals surface area contributed by atoms with Crippen LogP contribution in [0.5, 0.6) is 0 Å². The second-order valence-electron chi connectivity index (χ2n) is 5.41. The van der Waals surface area contributed by atoms with Crippen molar-refractivity contribution in [3.63, 3.8) is 0 Å². The van der Waals surface area contributed by atoms with Gasteiger partial charge < -0.3 is 5.11 Å². The summed E-state index contributed by atoms with van der Waals surface area (Å²) in [6, 6.07) is 0. The van der Waals surface area contributed by atoms with E-state index in [9.17, 15) is 5.11 Å². The standard InChI is InChI=1S/C13H24O/c1-6-12(4)8-7-10(2)13(5,9-14)11(12)3/h11,14H,2,6-9H2,1,3-5H3. The minimum absolute atomic E-state index is 0.0665. The van der Waals surface area contributed by atoms with Crippen molar-refractivity contribution in [3.8, 4) is 0 Å². The van der Waals surface area contributed by atoms with E-state index in [2.05, 4.69) is 34.3 Å². The largest absolute Gasteiger partial charge is 0.395 e. The number of rotatable bonds is 2. The van der Waals surface area contributed by atoms with E-state index in [1.54, 1.807) is 0 Å². The molecule has 1 fully saturated rings. The van der Waals surface area contributed by atoms with Crippen LogP contribution in [0.3, 0.4) is 0 Å². The van der Waals surface area contributed by atoms with Crippen LogP contribution in [0, 0.1) is 16.7 Å². The number of aliphatic hydroxyl groups excluding tert-OH is 1. The molecule has 0 radical (unpaired) electrons. The third-order valence-electron chi connectivity index (χ3n) is 4.94. The molecule has 1 aliphatic carbocycles. The lowest BCUT2D eigenvalue weighted by Gasteiger charge is -2.51. The van der Waals surface area contributed by atoms with Crippen LogP contribution in [0.1, 0.15) is 47.0 Å². The smallest absolute Gasteiger partial charge is 0.0524 e. The molecule has 14 heavy (non-hydrogen) atoms. The first-order valence-corrected chi connectivity index (χ1v) is 5.70. The molecule has 82 valence electrons. The van der Waals surface area contributed by atoms with E-state index >= 15 is 0 Å². The van der Waals surface area contributed by atoms with Gasteiger partial charge in [-0.3, -0.25) is 0 Å². The highest BCUT2D eigenvalue weighted by Gasteiger charge is 2.46. The Bertz CT molecular complexity index is 233. The van der Waals surface area contributed by atoms with E-state index in [0.29, 0.717) is 11.3 Å². The molecule has 0 aromatic carbocycles. The van der Waals surface area contributed by atoms with E-state index < -0.39 is 0 Å². The Kier molecular flexibility index (Phi) is 3.10. The summed E-state index contributed by atoms with van der Waals surface area (Å²) in [6.45, 7) is 13.4. The van der Waals surface area contributed by atoms with Crippen molar-refractivity contribution < 1.29 is 5.11 Å². The minimum Gasteiger partial charge on any atom is -0.395 e. The monoisotopic (exact) mass is 196 g/mol. The van der Waals surface area contributed by atoms with Gasteiger partial charge >= 0.3 is 0 Å². The molecule has 1 nitrogen and oxygen atoms in total. The highest BCUT2D eigenvalue weighted by molar-refractivity contribution is 5.17. The van der Waals surface area contributed by atoms with Gasteiger partial charge in [0.2, 0.25) is 0 Å². The van der Waals surface area contributed by atoms with Crippen molar-refractivity contribution in [3.05, 3.63) is 12.2 Å². The average molecular weight is 196 g/mol. The first-order valence-electron chi connectivity index (χ1n) is 5.70. The molecule has 1 N–H and O–H groups in total. The average Bonchev–Trinajstić information content (AvgIpc) is 2.21. The van der Waals surface area contributed by atoms with Gasteiger partial charge in [0.05, 0.1) is 6.61 Å². The van der Waals surface area contributed by atoms with Gasteiger partial charge in [-0.15, -0.1) is 0 Å². The van der Waals surface area contributed by atoms with E-state index in [0.717, 1.165) is 6.42 Å². The van der Waals surface area contributed by atoms with Gasteiger partial charge in [-0.1, -0.05) is 46.3 Å². The molecular formula is C13H24O. The van der Waals surface area contributed by atoms with Crippen molar-refractivity contribution in [1.29, 1.82) is 0 Å². The fourth-order valence-corrected chi connectivity index (χ4v) is 2.75. The zero-order valence-corrected chi connectivity index (χ0v) is 10.1. The Labute approximate surface area is 88.2 Å². The topological polar surface area (TPSA) is 20.2 Å². The summed E-state index contributed by atoms with van der Waals surface area (Å²) in [6.07, 6.45) is 3.49. The van der Waals surface area contributed by atoms with Crippen LogP contribution in [0.2, 0.25) is 0 Å². The molecular weight excluding hydrogens is 172 g/mol. The summed E-state index contributed by atoms with van der Waals surface area (Å²) in [5, 5.41) is 9.56. The highest BCUT2D eigenvalue weighted by atomic mass is 16.3. The maximum atomic E-state index is 9.56. The second-order valence-corrected chi connectivity index (χ2v) is 5.41. The molecule has 0 aromatic rings. The first-order chi connectivity index (χ1) is 6.40. The summed E-state index contributed by atoms with van der Waals surface area (Å²) >= 11 is 0. The van der Waals surface area contributed by atoms with Crippen molar-refractivity contribution in [2.75, 3.05) is 6.61 Å². The van der Waals surface area contributed by atoms with Gasteiger partial charge in [0.25, 0.3) is 0 Å². The van der Waals surface area contributed by atoms with Crippen LogP contribution in [0.15, 0.2) is 12.2 Å². The lowest BCUT2D eigenvalue weighted by atomic mass is 9.54. The van der Waals surface area contributed by atoms with Crippen LogP contribution >= 0.6 is 0 Å². The molecule has 3 atom stereocenters. The predicted molar refractivity (Wildman–Crippen MR) is 61.1 cm³/mol. The summed E-state index contributed by atoms with van der Waals surface area (Å²) in [4.78, 5) is 0. The van der Waals surface area contributed by atoms with Gasteiger partial charge in [-0.05, 0) is 24.2 Å². The fraction of sp³-hybridized carbons (Fsp3) is 0.846. The van der Waals surface area contributed by atoms with Crippen LogP contribution in [-0.4, -0.2) is 11.7 Å². The first kappa shape index (κ1) is 11.8. The molecule has 1 aliphatic rings. The van der Waals surface area contributed by atoms with E-state index in [1.165, 1.54) is 18.4 Å². The maximum Gasteiger partial charge on any atom is 0.0524 e. The normalized spacial score (nSPS) is 44.1. The van der Waals surface area contributed by atoms with Crippen LogP contribution in [0.25, 0.3) is 0 Å². The summed E-state index contributed by atoms with van der Waals surface area (Å²) in [5.41, 5.74) is 1.54. The van der Waals surface area contributed by atoms with Gasteiger partial charge in [0, 0.05) is 5.41 Å². The quantitative estimate of drug-likeness (QED) is 0.671. The van der Waals surface area contributed by atoms with E-state index in [4.69, 9.17) is 0 Å². The Balaban J connectivity index is 3.00. The molecule has 1 heteroatoms. The Morgan fingerprint density at radius 3 is 2.50 bits per heavy atom. The van der Waals surface area contributed by atoms with Crippen LogP contribution in [0.4, 0.5) is 0 Å². The molecule has 1 rings (SSSR count). The Morgan fingerprint density at radius 2 is 2.07 bits per heavy atom. The van der Waals surface area contributed by atoms with Crippen molar-refractivity contribution in [2.24, 2.45) is 16.7 Å². The molecule has 0 aliphatic heterocycles. The van der Waals surface area contributed by atoms with Crippen LogP contribution < -0.4 is 0 Å². The van der Waals surface area contributed by atoms with E-state index in [1.807, 2.05) is 0 Å². The summed E-state index contributed by atoms with van der Waals surface area (Å²) in [5.74, 6) is 0.520. The van der Waals surface area contributed by atoms with Crippen molar-refractivity contribution in [2.45, 2.75) is 47.0 Å². The molecule has 0 saturated heterocycles. The molecule has 1 saturated carbocycles. The molecule has 0 spiro atoms. The van der Waals surface area contributed by atoms with Gasteiger partial charge in [-0.25, -0.2) is 0 Å². The summed E-state index contributed by atoms with van der Waals surface area (Å²) < 4.78 is 0. The van der Waals surface area contributed by atoms with Crippen molar-refractivity contribution >= 4 is 0 Å². The van der Waals surface area contributed by atoms with Crippen molar-refractivity contribution in [1.82, 2.24) is 0 Å². The Hall–Kier alpha value is -0.300. The maximum absolute atomic E-state index is 9.56. The SMILES string of the molecule is C=C1CCC(C)(CC)C(C)C1(C)CO. The van der Waals surface area contributed by atoms with Gasteiger partial charge in [-0.2, -0.15) is 0 Å². The molecule has 0 amide bonds. The third kappa shape index (κ3) is 1.52. The number of hydrogen-bond donors (Lipinski definition) is 1. The zero-order valence-electron chi connectivity index (χ0n) is 10.1. The molecule has 0 aromatic heterocycles. The van der Waals surface area contributed by atoms with E-state index in [-0.39, 0.29) is 12.0 Å². The third-order valence-corrected chi connectivity index (χ3v) is 4.94.